The van der Waals surface area contributed by atoms with E-state index in [1.165, 1.54) is 0 Å². The SMILES string of the molecule is CC(NCC(F)(F)CO)c1cc2ccccc2o1. The highest BCUT2D eigenvalue weighted by atomic mass is 19.3. The van der Waals surface area contributed by atoms with Gasteiger partial charge in [-0.1, -0.05) is 18.2 Å². The molecular formula is C13H15F2NO2. The van der Waals surface area contributed by atoms with Gasteiger partial charge in [0.15, 0.2) is 0 Å². The van der Waals surface area contributed by atoms with Crippen LogP contribution in [-0.2, 0) is 0 Å². The molecule has 2 aromatic rings. The summed E-state index contributed by atoms with van der Waals surface area (Å²) in [7, 11) is 0. The zero-order valence-electron chi connectivity index (χ0n) is 9.99. The Bertz CT molecular complexity index is 491. The fourth-order valence-electron chi connectivity index (χ4n) is 1.67. The van der Waals surface area contributed by atoms with E-state index in [0.29, 0.717) is 5.76 Å². The highest BCUT2D eigenvalue weighted by Crippen LogP contribution is 2.24. The summed E-state index contributed by atoms with van der Waals surface area (Å²) in [4.78, 5) is 0. The molecule has 1 aromatic carbocycles. The lowest BCUT2D eigenvalue weighted by Crippen LogP contribution is -2.36. The summed E-state index contributed by atoms with van der Waals surface area (Å²) in [6.45, 7) is -0.000268. The Hall–Kier alpha value is -1.46. The van der Waals surface area contributed by atoms with Crippen molar-refractivity contribution in [1.82, 2.24) is 5.32 Å². The number of hydrogen-bond acceptors (Lipinski definition) is 3. The van der Waals surface area contributed by atoms with Crippen LogP contribution in [0.15, 0.2) is 34.7 Å². The van der Waals surface area contributed by atoms with Gasteiger partial charge in [-0.15, -0.1) is 0 Å². The number of fused-ring (bicyclic) bond motifs is 1. The van der Waals surface area contributed by atoms with Crippen LogP contribution in [-0.4, -0.2) is 24.2 Å². The maximum absolute atomic E-state index is 12.9. The normalized spacial score (nSPS) is 14.0. The molecule has 5 heteroatoms. The number of para-hydroxylation sites is 1. The van der Waals surface area contributed by atoms with Crippen LogP contribution in [0.2, 0.25) is 0 Å². The maximum atomic E-state index is 12.9. The highest BCUT2D eigenvalue weighted by molar-refractivity contribution is 5.77. The van der Waals surface area contributed by atoms with Crippen molar-refractivity contribution < 1.29 is 18.3 Å². The van der Waals surface area contributed by atoms with Crippen molar-refractivity contribution in [3.63, 3.8) is 0 Å². The molecule has 18 heavy (non-hydrogen) atoms. The zero-order chi connectivity index (χ0) is 13.2. The average Bonchev–Trinajstić information content (AvgIpc) is 2.80. The molecule has 0 aliphatic carbocycles. The van der Waals surface area contributed by atoms with Crippen molar-refractivity contribution in [2.24, 2.45) is 0 Å². The minimum Gasteiger partial charge on any atom is -0.459 e. The summed E-state index contributed by atoms with van der Waals surface area (Å²) >= 11 is 0. The third kappa shape index (κ3) is 2.86. The molecule has 0 amide bonds. The Morgan fingerprint density at radius 2 is 2.11 bits per heavy atom. The molecule has 98 valence electrons. The minimum absolute atomic E-state index is 0.338. The highest BCUT2D eigenvalue weighted by Gasteiger charge is 2.28. The van der Waals surface area contributed by atoms with Gasteiger partial charge in [-0.3, -0.25) is 0 Å². The number of aliphatic hydroxyl groups excluding tert-OH is 1. The van der Waals surface area contributed by atoms with Crippen molar-refractivity contribution in [1.29, 1.82) is 0 Å². The summed E-state index contributed by atoms with van der Waals surface area (Å²) in [6, 6.07) is 8.96. The predicted molar refractivity (Wildman–Crippen MR) is 64.7 cm³/mol. The van der Waals surface area contributed by atoms with Crippen molar-refractivity contribution >= 4 is 11.0 Å². The van der Waals surface area contributed by atoms with E-state index in [1.807, 2.05) is 30.3 Å². The van der Waals surface area contributed by atoms with Gasteiger partial charge in [0.25, 0.3) is 5.92 Å². The molecule has 0 radical (unpaired) electrons. The van der Waals surface area contributed by atoms with E-state index in [9.17, 15) is 8.78 Å². The van der Waals surface area contributed by atoms with Gasteiger partial charge in [-0.05, 0) is 19.1 Å². The molecule has 0 bridgehead atoms. The van der Waals surface area contributed by atoms with Crippen LogP contribution >= 0.6 is 0 Å². The van der Waals surface area contributed by atoms with E-state index >= 15 is 0 Å². The van der Waals surface area contributed by atoms with Gasteiger partial charge in [0, 0.05) is 5.39 Å². The van der Waals surface area contributed by atoms with Crippen LogP contribution in [0.25, 0.3) is 11.0 Å². The Kier molecular flexibility index (Phi) is 3.63. The van der Waals surface area contributed by atoms with Crippen LogP contribution in [0.3, 0.4) is 0 Å². The molecule has 0 aliphatic rings. The lowest BCUT2D eigenvalue weighted by molar-refractivity contribution is -0.0493. The number of alkyl halides is 2. The van der Waals surface area contributed by atoms with Gasteiger partial charge < -0.3 is 14.8 Å². The van der Waals surface area contributed by atoms with Gasteiger partial charge in [-0.25, -0.2) is 8.78 Å². The average molecular weight is 255 g/mol. The second-order valence-electron chi connectivity index (χ2n) is 4.30. The number of hydrogen-bond donors (Lipinski definition) is 2. The third-order valence-electron chi connectivity index (χ3n) is 2.77. The molecule has 2 N–H and O–H groups in total. The second kappa shape index (κ2) is 5.04. The van der Waals surface area contributed by atoms with E-state index in [2.05, 4.69) is 5.32 Å². The number of nitrogens with one attached hydrogen (secondary N) is 1. The molecule has 0 spiro atoms. The van der Waals surface area contributed by atoms with Crippen molar-refractivity contribution in [3.05, 3.63) is 36.1 Å². The summed E-state index contributed by atoms with van der Waals surface area (Å²) in [5.74, 6) is -2.51. The third-order valence-corrected chi connectivity index (χ3v) is 2.77. The molecular weight excluding hydrogens is 240 g/mol. The van der Waals surface area contributed by atoms with Crippen molar-refractivity contribution in [2.75, 3.05) is 13.2 Å². The molecule has 1 aromatic heterocycles. The molecule has 2 rings (SSSR count). The van der Waals surface area contributed by atoms with Gasteiger partial charge in [0.2, 0.25) is 0 Å². The first-order chi connectivity index (χ1) is 8.52. The topological polar surface area (TPSA) is 45.4 Å². The van der Waals surface area contributed by atoms with E-state index in [-0.39, 0.29) is 6.04 Å². The smallest absolute Gasteiger partial charge is 0.282 e. The van der Waals surface area contributed by atoms with E-state index in [0.717, 1.165) is 11.0 Å². The van der Waals surface area contributed by atoms with E-state index < -0.39 is 19.1 Å². The lowest BCUT2D eigenvalue weighted by Gasteiger charge is -2.17. The minimum atomic E-state index is -3.11. The number of aliphatic hydroxyl groups is 1. The van der Waals surface area contributed by atoms with Crippen LogP contribution in [0, 0.1) is 0 Å². The maximum Gasteiger partial charge on any atom is 0.282 e. The summed E-state index contributed by atoms with van der Waals surface area (Å²) in [5.41, 5.74) is 0.732. The fraction of sp³-hybridized carbons (Fsp3) is 0.385. The predicted octanol–water partition coefficient (Wildman–Crippen LogP) is 2.71. The standard InChI is InChI=1S/C13H15F2NO2/c1-9(16-7-13(14,15)8-17)12-6-10-4-2-3-5-11(10)18-12/h2-6,9,16-17H,7-8H2,1H3. The van der Waals surface area contributed by atoms with Crippen molar-refractivity contribution in [2.45, 2.75) is 18.9 Å². The molecule has 0 saturated carbocycles. The molecule has 0 fully saturated rings. The molecule has 0 aliphatic heterocycles. The Morgan fingerprint density at radius 3 is 2.78 bits per heavy atom. The van der Waals surface area contributed by atoms with Crippen LogP contribution in [0.4, 0.5) is 8.78 Å². The number of furan rings is 1. The largest absolute Gasteiger partial charge is 0.459 e. The van der Waals surface area contributed by atoms with Gasteiger partial charge >= 0.3 is 0 Å². The fourth-order valence-corrected chi connectivity index (χ4v) is 1.67. The summed E-state index contributed by atoms with van der Waals surface area (Å²) in [6.07, 6.45) is 0. The van der Waals surface area contributed by atoms with Crippen LogP contribution in [0.1, 0.15) is 18.7 Å². The number of halogens is 2. The quantitative estimate of drug-likeness (QED) is 0.863. The second-order valence-corrected chi connectivity index (χ2v) is 4.30. The molecule has 1 unspecified atom stereocenters. The van der Waals surface area contributed by atoms with Gasteiger partial charge in [0.1, 0.15) is 18.0 Å². The monoisotopic (exact) mass is 255 g/mol. The number of benzene rings is 1. The van der Waals surface area contributed by atoms with E-state index in [4.69, 9.17) is 9.52 Å². The molecule has 1 heterocycles. The van der Waals surface area contributed by atoms with E-state index in [1.54, 1.807) is 6.92 Å². The first kappa shape index (κ1) is 13.0. The van der Waals surface area contributed by atoms with Gasteiger partial charge in [0.05, 0.1) is 12.6 Å². The first-order valence-electron chi connectivity index (χ1n) is 5.72. The summed E-state index contributed by atoms with van der Waals surface area (Å²) in [5, 5.41) is 12.1. The summed E-state index contributed by atoms with van der Waals surface area (Å²) < 4.78 is 31.3. The lowest BCUT2D eigenvalue weighted by atomic mass is 10.2. The molecule has 3 nitrogen and oxygen atoms in total. The van der Waals surface area contributed by atoms with Crippen molar-refractivity contribution in [3.8, 4) is 0 Å². The molecule has 0 saturated heterocycles. The van der Waals surface area contributed by atoms with Crippen LogP contribution in [0.5, 0.6) is 0 Å². The zero-order valence-corrected chi connectivity index (χ0v) is 9.99. The Morgan fingerprint density at radius 1 is 1.39 bits per heavy atom. The van der Waals surface area contributed by atoms with Gasteiger partial charge in [-0.2, -0.15) is 0 Å². The first-order valence-corrected chi connectivity index (χ1v) is 5.72. The molecule has 1 atom stereocenters. The Balaban J connectivity index is 2.07. The Labute approximate surface area is 103 Å². The number of rotatable bonds is 5. The van der Waals surface area contributed by atoms with Crippen LogP contribution < -0.4 is 5.32 Å².